The Labute approximate surface area is 177 Å². The number of halogens is 1. The standard InChI is InChI=1S/C15H13ClN6O3S3/c1-7-12(28-22-19-7)13(24)18-14-20-21-15(27-14)26-6-11(23)17-9-5-8(16)3-4-10(9)25-2/h3-5H,6H2,1-2H3,(H,17,23)(H,18,20,24). The van der Waals surface area contributed by atoms with Crippen molar-refractivity contribution in [1.82, 2.24) is 19.8 Å². The molecule has 2 aromatic heterocycles. The summed E-state index contributed by atoms with van der Waals surface area (Å²) in [6.07, 6.45) is 0. The first-order valence-corrected chi connectivity index (χ1v) is 10.6. The van der Waals surface area contributed by atoms with Crippen molar-refractivity contribution < 1.29 is 14.3 Å². The molecule has 0 saturated carbocycles. The Morgan fingerprint density at radius 3 is 2.79 bits per heavy atom. The highest BCUT2D eigenvalue weighted by Gasteiger charge is 2.16. The van der Waals surface area contributed by atoms with E-state index in [9.17, 15) is 9.59 Å². The topological polar surface area (TPSA) is 119 Å². The molecule has 0 aliphatic heterocycles. The zero-order valence-corrected chi connectivity index (χ0v) is 17.8. The van der Waals surface area contributed by atoms with E-state index in [1.807, 2.05) is 0 Å². The van der Waals surface area contributed by atoms with Crippen molar-refractivity contribution >= 4 is 68.9 Å². The van der Waals surface area contributed by atoms with E-state index in [0.29, 0.717) is 36.5 Å². The number of aromatic nitrogens is 4. The van der Waals surface area contributed by atoms with E-state index < -0.39 is 0 Å². The summed E-state index contributed by atoms with van der Waals surface area (Å²) < 4.78 is 9.46. The maximum atomic E-state index is 12.2. The molecule has 0 spiro atoms. The number of carbonyl (C=O) groups is 2. The third-order valence-electron chi connectivity index (χ3n) is 3.25. The highest BCUT2D eigenvalue weighted by Crippen LogP contribution is 2.29. The van der Waals surface area contributed by atoms with Crippen LogP contribution in [0.3, 0.4) is 0 Å². The van der Waals surface area contributed by atoms with Gasteiger partial charge in [-0.3, -0.25) is 14.9 Å². The molecule has 0 atom stereocenters. The van der Waals surface area contributed by atoms with Crippen LogP contribution in [0.25, 0.3) is 0 Å². The summed E-state index contributed by atoms with van der Waals surface area (Å²) in [6, 6.07) is 4.95. The zero-order valence-electron chi connectivity index (χ0n) is 14.6. The number of hydrogen-bond donors (Lipinski definition) is 2. The Morgan fingerprint density at radius 2 is 2.07 bits per heavy atom. The molecule has 2 amide bonds. The lowest BCUT2D eigenvalue weighted by Crippen LogP contribution is -2.14. The van der Waals surface area contributed by atoms with Crippen LogP contribution < -0.4 is 15.4 Å². The molecule has 146 valence electrons. The fourth-order valence-corrected chi connectivity index (χ4v) is 4.27. The maximum absolute atomic E-state index is 12.2. The van der Waals surface area contributed by atoms with Gasteiger partial charge >= 0.3 is 0 Å². The second-order valence-electron chi connectivity index (χ2n) is 5.20. The van der Waals surface area contributed by atoms with Crippen LogP contribution >= 0.6 is 46.2 Å². The van der Waals surface area contributed by atoms with Gasteiger partial charge in [-0.25, -0.2) is 0 Å². The van der Waals surface area contributed by atoms with Gasteiger partial charge in [0.05, 0.1) is 24.2 Å². The summed E-state index contributed by atoms with van der Waals surface area (Å²) in [5.74, 6) is 0.0241. The molecule has 28 heavy (non-hydrogen) atoms. The van der Waals surface area contributed by atoms with Gasteiger partial charge in [0.1, 0.15) is 10.6 Å². The zero-order chi connectivity index (χ0) is 20.1. The quantitative estimate of drug-likeness (QED) is 0.410. The van der Waals surface area contributed by atoms with Crippen LogP contribution in [0.2, 0.25) is 5.02 Å². The molecule has 1 aromatic carbocycles. The van der Waals surface area contributed by atoms with E-state index in [1.54, 1.807) is 25.1 Å². The van der Waals surface area contributed by atoms with Crippen LogP contribution in [0.1, 0.15) is 15.4 Å². The number of anilines is 2. The lowest BCUT2D eigenvalue weighted by Gasteiger charge is -2.09. The largest absolute Gasteiger partial charge is 0.495 e. The number of amides is 2. The van der Waals surface area contributed by atoms with Gasteiger partial charge in [-0.1, -0.05) is 39.2 Å². The van der Waals surface area contributed by atoms with Crippen molar-refractivity contribution in [2.24, 2.45) is 0 Å². The second kappa shape index (κ2) is 9.28. The molecule has 0 aliphatic rings. The summed E-state index contributed by atoms with van der Waals surface area (Å²) in [5, 5.41) is 17.9. The number of thioether (sulfide) groups is 1. The van der Waals surface area contributed by atoms with Gasteiger partial charge in [-0.2, -0.15) is 0 Å². The average Bonchev–Trinajstić information content (AvgIpc) is 3.29. The second-order valence-corrected chi connectivity index (χ2v) is 8.59. The molecule has 3 rings (SSSR count). The van der Waals surface area contributed by atoms with Crippen molar-refractivity contribution in [2.75, 3.05) is 23.5 Å². The monoisotopic (exact) mass is 456 g/mol. The van der Waals surface area contributed by atoms with Crippen molar-refractivity contribution in [2.45, 2.75) is 11.3 Å². The molecule has 0 fully saturated rings. The van der Waals surface area contributed by atoms with Gasteiger partial charge in [0.2, 0.25) is 11.0 Å². The third-order valence-corrected chi connectivity index (χ3v) is 6.28. The van der Waals surface area contributed by atoms with E-state index in [4.69, 9.17) is 16.3 Å². The molecule has 2 N–H and O–H groups in total. The first kappa shape index (κ1) is 20.5. The first-order chi connectivity index (χ1) is 13.5. The molecule has 0 saturated heterocycles. The minimum atomic E-state index is -0.342. The van der Waals surface area contributed by atoms with Gasteiger partial charge < -0.3 is 10.1 Å². The Bertz CT molecular complexity index is 1010. The van der Waals surface area contributed by atoms with E-state index >= 15 is 0 Å². The predicted octanol–water partition coefficient (Wildman–Crippen LogP) is 3.34. The summed E-state index contributed by atoms with van der Waals surface area (Å²) in [7, 11) is 1.51. The molecular weight excluding hydrogens is 444 g/mol. The van der Waals surface area contributed by atoms with Gasteiger partial charge in [0.15, 0.2) is 4.34 Å². The van der Waals surface area contributed by atoms with E-state index in [-0.39, 0.29) is 17.6 Å². The van der Waals surface area contributed by atoms with Crippen LogP contribution in [0.15, 0.2) is 22.5 Å². The van der Waals surface area contributed by atoms with E-state index in [0.717, 1.165) is 11.5 Å². The normalized spacial score (nSPS) is 10.5. The van der Waals surface area contributed by atoms with Crippen LogP contribution in [0.5, 0.6) is 5.75 Å². The molecule has 0 radical (unpaired) electrons. The van der Waals surface area contributed by atoms with Gasteiger partial charge in [0.25, 0.3) is 5.91 Å². The summed E-state index contributed by atoms with van der Waals surface area (Å²) in [6.45, 7) is 1.70. The molecule has 2 heterocycles. The van der Waals surface area contributed by atoms with Crippen LogP contribution in [-0.2, 0) is 4.79 Å². The average molecular weight is 457 g/mol. The maximum Gasteiger partial charge on any atom is 0.271 e. The Hall–Kier alpha value is -2.28. The van der Waals surface area contributed by atoms with Crippen LogP contribution in [-0.4, -0.2) is 44.5 Å². The van der Waals surface area contributed by atoms with Gasteiger partial charge in [0, 0.05) is 5.02 Å². The van der Waals surface area contributed by atoms with Crippen molar-refractivity contribution in [3.63, 3.8) is 0 Å². The highest BCUT2D eigenvalue weighted by molar-refractivity contribution is 8.01. The molecule has 13 heteroatoms. The van der Waals surface area contributed by atoms with Crippen LogP contribution in [0.4, 0.5) is 10.8 Å². The third kappa shape index (κ3) is 5.16. The fraction of sp³-hybridized carbons (Fsp3) is 0.200. The molecule has 0 unspecified atom stereocenters. The molecule has 9 nitrogen and oxygen atoms in total. The summed E-state index contributed by atoms with van der Waals surface area (Å²) >= 11 is 9.33. The molecule has 0 aliphatic carbocycles. The lowest BCUT2D eigenvalue weighted by atomic mass is 10.3. The predicted molar refractivity (Wildman–Crippen MR) is 110 cm³/mol. The summed E-state index contributed by atoms with van der Waals surface area (Å²) in [4.78, 5) is 24.7. The van der Waals surface area contributed by atoms with E-state index in [1.165, 1.54) is 30.2 Å². The van der Waals surface area contributed by atoms with Crippen molar-refractivity contribution in [1.29, 1.82) is 0 Å². The van der Waals surface area contributed by atoms with Gasteiger partial charge in [-0.15, -0.1) is 15.3 Å². The summed E-state index contributed by atoms with van der Waals surface area (Å²) in [5.41, 5.74) is 1.04. The molecule has 0 bridgehead atoms. The van der Waals surface area contributed by atoms with Gasteiger partial charge in [-0.05, 0) is 36.7 Å². The van der Waals surface area contributed by atoms with Crippen LogP contribution in [0, 0.1) is 6.92 Å². The number of benzene rings is 1. The minimum absolute atomic E-state index is 0.107. The smallest absolute Gasteiger partial charge is 0.271 e. The number of carbonyl (C=O) groups excluding carboxylic acids is 2. The van der Waals surface area contributed by atoms with Crippen molar-refractivity contribution in [3.8, 4) is 5.75 Å². The number of hydrogen-bond acceptors (Lipinski definition) is 10. The number of aryl methyl sites for hydroxylation is 1. The Morgan fingerprint density at radius 1 is 1.25 bits per heavy atom. The number of ether oxygens (including phenoxy) is 1. The Balaban J connectivity index is 1.54. The lowest BCUT2D eigenvalue weighted by molar-refractivity contribution is -0.113. The molecular formula is C15H13ClN6O3S3. The number of methoxy groups -OCH3 is 1. The SMILES string of the molecule is COc1ccc(Cl)cc1NC(=O)CSc1nnc(NC(=O)c2snnc2C)s1. The van der Waals surface area contributed by atoms with Crippen molar-refractivity contribution in [3.05, 3.63) is 33.8 Å². The first-order valence-electron chi connectivity index (χ1n) is 7.66. The number of nitrogens with zero attached hydrogens (tertiary/aromatic N) is 4. The minimum Gasteiger partial charge on any atom is -0.495 e. The Kier molecular flexibility index (Phi) is 6.78. The highest BCUT2D eigenvalue weighted by atomic mass is 35.5. The van der Waals surface area contributed by atoms with E-state index in [2.05, 4.69) is 30.4 Å². The number of nitrogens with one attached hydrogen (secondary N) is 2. The fourth-order valence-electron chi connectivity index (χ4n) is 2.00. The molecule has 3 aromatic rings. The number of rotatable bonds is 7.